The summed E-state index contributed by atoms with van der Waals surface area (Å²) in [6.07, 6.45) is 8.42. The summed E-state index contributed by atoms with van der Waals surface area (Å²) in [6.45, 7) is 4.65. The van der Waals surface area contributed by atoms with Gasteiger partial charge in [0.25, 0.3) is 0 Å². The van der Waals surface area contributed by atoms with Crippen LogP contribution in [0.2, 0.25) is 0 Å². The van der Waals surface area contributed by atoms with Crippen LogP contribution >= 0.6 is 0 Å². The molecule has 1 heterocycles. The van der Waals surface area contributed by atoms with E-state index in [1.807, 2.05) is 12.1 Å². The van der Waals surface area contributed by atoms with E-state index in [2.05, 4.69) is 26.0 Å². The van der Waals surface area contributed by atoms with Crippen molar-refractivity contribution in [3.8, 4) is 11.5 Å². The molecule has 5 atom stereocenters. The van der Waals surface area contributed by atoms with Crippen LogP contribution in [0.4, 0.5) is 0 Å². The molecule has 2 fully saturated rings. The van der Waals surface area contributed by atoms with Crippen molar-refractivity contribution in [1.82, 2.24) is 0 Å². The van der Waals surface area contributed by atoms with Gasteiger partial charge in [0.2, 0.25) is 6.79 Å². The van der Waals surface area contributed by atoms with Crippen LogP contribution in [-0.2, 0) is 4.79 Å². The fourth-order valence-electron chi connectivity index (χ4n) is 7.31. The van der Waals surface area contributed by atoms with Crippen LogP contribution in [0.5, 0.6) is 11.5 Å². The van der Waals surface area contributed by atoms with Gasteiger partial charge in [-0.2, -0.15) is 0 Å². The lowest BCUT2D eigenvalue weighted by atomic mass is 9.51. The molecule has 4 aliphatic carbocycles. The van der Waals surface area contributed by atoms with Crippen LogP contribution < -0.4 is 9.47 Å². The second-order valence-electron chi connectivity index (χ2n) is 10.4. The molecule has 0 aromatic heterocycles. The number of benzene rings is 1. The number of rotatable bonds is 1. The van der Waals surface area contributed by atoms with E-state index in [-0.39, 0.29) is 23.9 Å². The van der Waals surface area contributed by atoms with Crippen LogP contribution in [0.1, 0.15) is 70.3 Å². The Balaban J connectivity index is 1.53. The number of aliphatic hydroxyl groups is 1. The van der Waals surface area contributed by atoms with Gasteiger partial charge in [-0.25, -0.2) is 0 Å². The highest BCUT2D eigenvalue weighted by Crippen LogP contribution is 2.66. The SMILES string of the molecule is C[C@]1(O)CCC2C3CCC4=CC(=O)CCC4=C3[C@@H](c3ccc4c(c3)OCO4)C[C@@]21C. The first-order valence-electron chi connectivity index (χ1n) is 11.5. The van der Waals surface area contributed by atoms with Crippen molar-refractivity contribution in [2.75, 3.05) is 6.79 Å². The monoisotopic (exact) mass is 406 g/mol. The Bertz CT molecular complexity index is 1000. The maximum Gasteiger partial charge on any atom is 0.231 e. The van der Waals surface area contributed by atoms with Gasteiger partial charge < -0.3 is 14.6 Å². The fourth-order valence-corrected chi connectivity index (χ4v) is 7.31. The third-order valence-electron chi connectivity index (χ3n) is 9.10. The van der Waals surface area contributed by atoms with Crippen molar-refractivity contribution in [3.05, 3.63) is 46.6 Å². The predicted octanol–water partition coefficient (Wildman–Crippen LogP) is 5.07. The Hall–Kier alpha value is -2.07. The molecule has 0 bridgehead atoms. The largest absolute Gasteiger partial charge is 0.454 e. The third kappa shape index (κ3) is 2.46. The van der Waals surface area contributed by atoms with Gasteiger partial charge in [-0.15, -0.1) is 0 Å². The zero-order valence-corrected chi connectivity index (χ0v) is 17.9. The molecule has 158 valence electrons. The van der Waals surface area contributed by atoms with Gasteiger partial charge in [0, 0.05) is 17.8 Å². The molecular formula is C26H30O4. The Morgan fingerprint density at radius 3 is 2.77 bits per heavy atom. The highest BCUT2D eigenvalue weighted by molar-refractivity contribution is 5.93. The highest BCUT2D eigenvalue weighted by atomic mass is 16.7. The maximum atomic E-state index is 12.1. The first-order chi connectivity index (χ1) is 14.4. The average molecular weight is 407 g/mol. The molecule has 30 heavy (non-hydrogen) atoms. The molecule has 1 aromatic carbocycles. The molecule has 4 heteroatoms. The standard InChI is InChI=1S/C26H30O4/c1-25-13-20(16-4-8-22-23(12-16)30-14-29-22)24-18-7-5-17(27)11-15(18)3-6-19(24)21(25)9-10-26(25,2)28/h4,8,11-12,19-21,28H,3,5-7,9-10,13-14H2,1-2H3/t19?,20-,21?,25+,26+/m1/s1. The van der Waals surface area contributed by atoms with Gasteiger partial charge in [0.1, 0.15) is 0 Å². The minimum Gasteiger partial charge on any atom is -0.454 e. The minimum atomic E-state index is -0.638. The van der Waals surface area contributed by atoms with Crippen molar-refractivity contribution in [1.29, 1.82) is 0 Å². The number of ketones is 1. The molecule has 4 nitrogen and oxygen atoms in total. The van der Waals surface area contributed by atoms with E-state index in [1.165, 1.54) is 16.7 Å². The van der Waals surface area contributed by atoms with Gasteiger partial charge in [0.15, 0.2) is 17.3 Å². The van der Waals surface area contributed by atoms with Gasteiger partial charge in [-0.3, -0.25) is 4.79 Å². The molecule has 1 aliphatic heterocycles. The first kappa shape index (κ1) is 18.7. The van der Waals surface area contributed by atoms with Crippen LogP contribution in [0, 0.1) is 17.3 Å². The molecule has 0 radical (unpaired) electrons. The lowest BCUT2D eigenvalue weighted by Crippen LogP contribution is -2.50. The summed E-state index contributed by atoms with van der Waals surface area (Å²) in [5.41, 5.74) is 4.79. The zero-order valence-electron chi connectivity index (χ0n) is 17.9. The Labute approximate surface area is 178 Å². The summed E-state index contributed by atoms with van der Waals surface area (Å²) >= 11 is 0. The van der Waals surface area contributed by atoms with Gasteiger partial charge >= 0.3 is 0 Å². The zero-order chi connectivity index (χ0) is 20.7. The number of hydrogen-bond donors (Lipinski definition) is 1. The molecule has 2 unspecified atom stereocenters. The van der Waals surface area contributed by atoms with Gasteiger partial charge in [-0.05, 0) is 92.2 Å². The Kier molecular flexibility index (Phi) is 3.88. The summed E-state index contributed by atoms with van der Waals surface area (Å²) in [6, 6.07) is 6.36. The van der Waals surface area contributed by atoms with Crippen LogP contribution in [0.25, 0.3) is 0 Å². The second kappa shape index (κ2) is 6.23. The van der Waals surface area contributed by atoms with E-state index in [9.17, 15) is 9.90 Å². The third-order valence-corrected chi connectivity index (χ3v) is 9.10. The Morgan fingerprint density at radius 1 is 1.07 bits per heavy atom. The minimum absolute atomic E-state index is 0.103. The summed E-state index contributed by atoms with van der Waals surface area (Å²) < 4.78 is 11.2. The number of carbonyl (C=O) groups is 1. The molecule has 1 aromatic rings. The number of ether oxygens (including phenoxy) is 2. The molecule has 2 saturated carbocycles. The van der Waals surface area contributed by atoms with Crippen molar-refractivity contribution >= 4 is 5.78 Å². The normalized spacial score (nSPS) is 39.4. The van der Waals surface area contributed by atoms with E-state index in [0.717, 1.165) is 50.0 Å². The number of hydrogen-bond acceptors (Lipinski definition) is 4. The van der Waals surface area contributed by atoms with Gasteiger partial charge in [0.05, 0.1) is 5.60 Å². The van der Waals surface area contributed by atoms with E-state index in [0.29, 0.717) is 18.3 Å². The van der Waals surface area contributed by atoms with Crippen LogP contribution in [-0.4, -0.2) is 23.3 Å². The molecular weight excluding hydrogens is 376 g/mol. The van der Waals surface area contributed by atoms with E-state index < -0.39 is 5.60 Å². The molecule has 5 aliphatic rings. The lowest BCUT2D eigenvalue weighted by molar-refractivity contribution is -0.114. The molecule has 6 rings (SSSR count). The fraction of sp³-hybridized carbons (Fsp3) is 0.577. The van der Waals surface area contributed by atoms with Crippen LogP contribution in [0.15, 0.2) is 41.0 Å². The number of carbonyl (C=O) groups excluding carboxylic acids is 1. The van der Waals surface area contributed by atoms with Crippen molar-refractivity contribution < 1.29 is 19.4 Å². The maximum absolute atomic E-state index is 12.1. The Morgan fingerprint density at radius 2 is 1.90 bits per heavy atom. The number of fused-ring (bicyclic) bond motifs is 5. The quantitative estimate of drug-likeness (QED) is 0.708. The average Bonchev–Trinajstić information content (AvgIpc) is 3.28. The van der Waals surface area contributed by atoms with E-state index in [1.54, 1.807) is 5.57 Å². The summed E-state index contributed by atoms with van der Waals surface area (Å²) in [7, 11) is 0. The van der Waals surface area contributed by atoms with E-state index >= 15 is 0 Å². The number of allylic oxidation sites excluding steroid dienone is 4. The highest BCUT2D eigenvalue weighted by Gasteiger charge is 2.61. The molecule has 1 N–H and O–H groups in total. The smallest absolute Gasteiger partial charge is 0.231 e. The lowest BCUT2D eigenvalue weighted by Gasteiger charge is -2.54. The van der Waals surface area contributed by atoms with Crippen molar-refractivity contribution in [2.45, 2.75) is 70.3 Å². The van der Waals surface area contributed by atoms with Crippen LogP contribution in [0.3, 0.4) is 0 Å². The van der Waals surface area contributed by atoms with Crippen molar-refractivity contribution in [2.24, 2.45) is 17.3 Å². The summed E-state index contributed by atoms with van der Waals surface area (Å²) in [4.78, 5) is 12.1. The van der Waals surface area contributed by atoms with Gasteiger partial charge in [-0.1, -0.05) is 18.6 Å². The second-order valence-corrected chi connectivity index (χ2v) is 10.4. The summed E-state index contributed by atoms with van der Waals surface area (Å²) in [5.74, 6) is 3.17. The molecule has 0 spiro atoms. The first-order valence-corrected chi connectivity index (χ1v) is 11.5. The predicted molar refractivity (Wildman–Crippen MR) is 113 cm³/mol. The summed E-state index contributed by atoms with van der Waals surface area (Å²) in [5, 5.41) is 11.4. The van der Waals surface area contributed by atoms with E-state index in [4.69, 9.17) is 9.47 Å². The molecule has 0 saturated heterocycles. The van der Waals surface area contributed by atoms with Crippen molar-refractivity contribution in [3.63, 3.8) is 0 Å². The molecule has 0 amide bonds. The topological polar surface area (TPSA) is 55.8 Å².